The molecule has 1 unspecified atom stereocenters. The molecule has 0 bridgehead atoms. The van der Waals surface area contributed by atoms with Crippen molar-refractivity contribution in [3.63, 3.8) is 0 Å². The maximum Gasteiger partial charge on any atom is 0.128 e. The monoisotopic (exact) mass is 476 g/mol. The summed E-state index contributed by atoms with van der Waals surface area (Å²) in [5.41, 5.74) is 4.94. The molecule has 35 heavy (non-hydrogen) atoms. The highest BCUT2D eigenvalue weighted by Crippen LogP contribution is 2.39. The number of hydrogen-bond acceptors (Lipinski definition) is 1. The van der Waals surface area contributed by atoms with E-state index >= 15 is 0 Å². The second-order valence-electron chi connectivity index (χ2n) is 12.0. The van der Waals surface area contributed by atoms with Crippen molar-refractivity contribution in [2.24, 2.45) is 11.8 Å². The van der Waals surface area contributed by atoms with Crippen LogP contribution in [0.25, 0.3) is 0 Å². The van der Waals surface area contributed by atoms with Crippen LogP contribution in [0.15, 0.2) is 48.5 Å². The first-order valence-electron chi connectivity index (χ1n) is 14.5. The van der Waals surface area contributed by atoms with Gasteiger partial charge in [-0.3, -0.25) is 0 Å². The van der Waals surface area contributed by atoms with Gasteiger partial charge in [0.25, 0.3) is 0 Å². The zero-order valence-corrected chi connectivity index (χ0v) is 21.7. The Bertz CT molecular complexity index is 988. The summed E-state index contributed by atoms with van der Waals surface area (Å²) in [7, 11) is 1.84. The van der Waals surface area contributed by atoms with Gasteiger partial charge in [0, 0.05) is 18.8 Å². The Morgan fingerprint density at radius 3 is 2.60 bits per heavy atom. The van der Waals surface area contributed by atoms with Gasteiger partial charge in [0.1, 0.15) is 17.7 Å². The Balaban J connectivity index is 1.27. The Labute approximate surface area is 211 Å². The fourth-order valence-corrected chi connectivity index (χ4v) is 8.61. The summed E-state index contributed by atoms with van der Waals surface area (Å²) >= 11 is 0. The van der Waals surface area contributed by atoms with Crippen LogP contribution in [-0.4, -0.2) is 45.9 Å². The van der Waals surface area contributed by atoms with Crippen molar-refractivity contribution in [2.75, 3.05) is 39.8 Å². The molecule has 188 valence electrons. The van der Waals surface area contributed by atoms with E-state index in [0.717, 1.165) is 36.1 Å². The van der Waals surface area contributed by atoms with Crippen molar-refractivity contribution in [2.45, 2.75) is 68.9 Å². The first-order valence-corrected chi connectivity index (χ1v) is 14.5. The zero-order chi connectivity index (χ0) is 23.7. The van der Waals surface area contributed by atoms with Gasteiger partial charge in [-0.25, -0.2) is 0 Å². The molecule has 6 rings (SSSR count). The van der Waals surface area contributed by atoms with E-state index in [1.54, 1.807) is 11.1 Å². The Morgan fingerprint density at radius 1 is 0.943 bits per heavy atom. The maximum absolute atomic E-state index is 5.82. The highest BCUT2D eigenvalue weighted by atomic mass is 16.5. The molecule has 4 nitrogen and oxygen atoms in total. The van der Waals surface area contributed by atoms with Gasteiger partial charge < -0.3 is 20.3 Å². The van der Waals surface area contributed by atoms with Gasteiger partial charge in [-0.1, -0.05) is 61.7 Å². The van der Waals surface area contributed by atoms with Gasteiger partial charge in [0.2, 0.25) is 0 Å². The minimum atomic E-state index is 0.294. The van der Waals surface area contributed by atoms with Gasteiger partial charge in [0.05, 0.1) is 57.4 Å². The van der Waals surface area contributed by atoms with Gasteiger partial charge in [-0.2, -0.15) is 0 Å². The fourth-order valence-electron chi connectivity index (χ4n) is 8.61. The van der Waals surface area contributed by atoms with Crippen LogP contribution in [0.1, 0.15) is 67.6 Å². The lowest BCUT2D eigenvalue weighted by Crippen LogP contribution is -3.18. The standard InChI is InChI=1S/C31H43N3O/c1-35-30-14-8-13-28-27(30)19-33-22-31(28)21-32-18-26(31)20-34-16-15-25(23-9-4-2-5-10-23)17-29(34)24-11-6-3-7-12-24/h2,4-5,8-10,13-14,24-26,29,32-33H,3,6-7,11-12,15-22H2,1H3/p+3/t25-,26+,29+,31+/m1/s1. The molecule has 2 saturated heterocycles. The molecule has 1 saturated carbocycles. The van der Waals surface area contributed by atoms with E-state index in [0.29, 0.717) is 5.41 Å². The van der Waals surface area contributed by atoms with Gasteiger partial charge in [0.15, 0.2) is 0 Å². The normalized spacial score (nSPS) is 33.5. The Kier molecular flexibility index (Phi) is 6.88. The van der Waals surface area contributed by atoms with Crippen LogP contribution in [0.2, 0.25) is 0 Å². The molecule has 1 aliphatic carbocycles. The highest BCUT2D eigenvalue weighted by molar-refractivity contribution is 5.45. The summed E-state index contributed by atoms with van der Waals surface area (Å²) in [6.45, 7) is 7.53. The average molecular weight is 477 g/mol. The third-order valence-corrected chi connectivity index (χ3v) is 10.4. The van der Waals surface area contributed by atoms with E-state index in [-0.39, 0.29) is 0 Å². The number of rotatable bonds is 5. The molecule has 3 fully saturated rings. The summed E-state index contributed by atoms with van der Waals surface area (Å²) in [6.07, 6.45) is 10.0. The Morgan fingerprint density at radius 2 is 1.77 bits per heavy atom. The number of quaternary nitrogens is 3. The van der Waals surface area contributed by atoms with Crippen LogP contribution in [0.3, 0.4) is 0 Å². The second-order valence-corrected chi connectivity index (χ2v) is 12.0. The number of hydrogen-bond donors (Lipinski definition) is 3. The molecule has 1 spiro atoms. The Hall–Kier alpha value is -1.88. The molecule has 5 atom stereocenters. The first-order chi connectivity index (χ1) is 17.3. The van der Waals surface area contributed by atoms with E-state index in [4.69, 9.17) is 4.74 Å². The second kappa shape index (κ2) is 10.2. The first kappa shape index (κ1) is 23.5. The SMILES string of the molecule is COc1cccc2c1C[NH2+]C[C@]21C[NH2+]C[C@H]1C[NH+]1CC[C@@H](c2ccccc2)C[C@H]1C1CCCCC1. The van der Waals surface area contributed by atoms with Crippen LogP contribution >= 0.6 is 0 Å². The van der Waals surface area contributed by atoms with Crippen molar-refractivity contribution in [1.82, 2.24) is 0 Å². The lowest BCUT2D eigenvalue weighted by Gasteiger charge is -2.44. The third-order valence-electron chi connectivity index (χ3n) is 10.4. The highest BCUT2D eigenvalue weighted by Gasteiger charge is 2.55. The van der Waals surface area contributed by atoms with E-state index < -0.39 is 0 Å². The summed E-state index contributed by atoms with van der Waals surface area (Å²) < 4.78 is 5.82. The van der Waals surface area contributed by atoms with Crippen LogP contribution in [0.4, 0.5) is 0 Å². The van der Waals surface area contributed by atoms with Gasteiger partial charge in [-0.15, -0.1) is 0 Å². The predicted octanol–water partition coefficient (Wildman–Crippen LogP) is 1.61. The van der Waals surface area contributed by atoms with Crippen molar-refractivity contribution in [1.29, 1.82) is 0 Å². The van der Waals surface area contributed by atoms with Gasteiger partial charge in [-0.05, 0) is 36.0 Å². The number of nitrogens with one attached hydrogen (secondary N) is 1. The third kappa shape index (κ3) is 4.43. The molecular formula is C31H46N3O+3. The number of likely N-dealkylation sites (tertiary alicyclic amines) is 1. The molecule has 0 amide bonds. The molecule has 5 N–H and O–H groups in total. The molecule has 4 heteroatoms. The van der Waals surface area contributed by atoms with E-state index in [1.165, 1.54) is 83.2 Å². The molecule has 4 aliphatic rings. The number of ether oxygens (including phenoxy) is 1. The van der Waals surface area contributed by atoms with Crippen molar-refractivity contribution in [3.05, 3.63) is 65.2 Å². The molecule has 0 aromatic heterocycles. The number of benzene rings is 2. The lowest BCUT2D eigenvalue weighted by atomic mass is 9.68. The molecule has 0 radical (unpaired) electrons. The molecule has 2 aromatic carbocycles. The summed E-state index contributed by atoms with van der Waals surface area (Å²) in [5, 5.41) is 5.19. The molecule has 3 aliphatic heterocycles. The largest absolute Gasteiger partial charge is 0.496 e. The van der Waals surface area contributed by atoms with Crippen LogP contribution in [0, 0.1) is 11.8 Å². The van der Waals surface area contributed by atoms with Crippen LogP contribution in [0.5, 0.6) is 5.75 Å². The molecular weight excluding hydrogens is 430 g/mol. The number of piperidine rings is 1. The average Bonchev–Trinajstić information content (AvgIpc) is 3.32. The predicted molar refractivity (Wildman–Crippen MR) is 140 cm³/mol. The molecule has 3 heterocycles. The van der Waals surface area contributed by atoms with Gasteiger partial charge >= 0.3 is 0 Å². The van der Waals surface area contributed by atoms with E-state index in [1.807, 2.05) is 12.0 Å². The summed E-state index contributed by atoms with van der Waals surface area (Å²) in [4.78, 5) is 1.94. The maximum atomic E-state index is 5.82. The quantitative estimate of drug-likeness (QED) is 0.603. The van der Waals surface area contributed by atoms with Crippen LogP contribution in [-0.2, 0) is 12.0 Å². The van der Waals surface area contributed by atoms with Crippen molar-refractivity contribution >= 4 is 0 Å². The molecule has 2 aromatic rings. The van der Waals surface area contributed by atoms with E-state index in [9.17, 15) is 0 Å². The number of nitrogens with two attached hydrogens (primary N) is 2. The fraction of sp³-hybridized carbons (Fsp3) is 0.613. The van der Waals surface area contributed by atoms with Crippen molar-refractivity contribution < 1.29 is 20.3 Å². The minimum absolute atomic E-state index is 0.294. The summed E-state index contributed by atoms with van der Waals surface area (Å²) in [6, 6.07) is 19.1. The van der Waals surface area contributed by atoms with Crippen molar-refractivity contribution in [3.8, 4) is 5.75 Å². The smallest absolute Gasteiger partial charge is 0.128 e. The lowest BCUT2D eigenvalue weighted by molar-refractivity contribution is -0.939. The van der Waals surface area contributed by atoms with E-state index in [2.05, 4.69) is 59.2 Å². The minimum Gasteiger partial charge on any atom is -0.496 e. The number of methoxy groups -OCH3 is 1. The number of fused-ring (bicyclic) bond motifs is 2. The zero-order valence-electron chi connectivity index (χ0n) is 21.7. The summed E-state index contributed by atoms with van der Waals surface area (Å²) in [5.74, 6) is 3.53. The van der Waals surface area contributed by atoms with Crippen LogP contribution < -0.4 is 20.3 Å². The topological polar surface area (TPSA) is 46.9 Å².